The number of piperidine rings is 1. The van der Waals surface area contributed by atoms with Gasteiger partial charge in [-0.15, -0.1) is 0 Å². The van der Waals surface area contributed by atoms with Crippen LogP contribution >= 0.6 is 0 Å². The summed E-state index contributed by atoms with van der Waals surface area (Å²) in [6, 6.07) is 7.62. The van der Waals surface area contributed by atoms with Crippen LogP contribution in [0.5, 0.6) is 5.75 Å². The second-order valence-corrected chi connectivity index (χ2v) is 4.13. The molecule has 1 heterocycles. The number of benzene rings is 1. The van der Waals surface area contributed by atoms with E-state index in [9.17, 15) is 9.59 Å². The highest BCUT2D eigenvalue weighted by Crippen LogP contribution is 2.16. The average molecular weight is 233 g/mol. The molecular weight excluding hydrogens is 218 g/mol. The van der Waals surface area contributed by atoms with E-state index in [4.69, 9.17) is 4.74 Å². The Morgan fingerprint density at radius 1 is 1.35 bits per heavy atom. The Hall–Kier alpha value is -1.84. The van der Waals surface area contributed by atoms with Crippen LogP contribution < -0.4 is 4.74 Å². The lowest BCUT2D eigenvalue weighted by molar-refractivity contribution is -0.139. The highest BCUT2D eigenvalue weighted by molar-refractivity contribution is 6.00. The molecule has 0 atom stereocenters. The molecule has 0 spiro atoms. The van der Waals surface area contributed by atoms with Crippen molar-refractivity contribution < 1.29 is 14.3 Å². The molecule has 1 aromatic carbocycles. The molecule has 0 aromatic heterocycles. The molecule has 1 aliphatic heterocycles. The molecule has 0 unspecified atom stereocenters. The van der Waals surface area contributed by atoms with Gasteiger partial charge in [0, 0.05) is 19.5 Å². The summed E-state index contributed by atoms with van der Waals surface area (Å²) in [5.74, 6) is 0.740. The summed E-state index contributed by atoms with van der Waals surface area (Å²) >= 11 is 0. The van der Waals surface area contributed by atoms with Gasteiger partial charge >= 0.3 is 0 Å². The number of carbonyl (C=O) groups is 2. The number of ether oxygens (including phenoxy) is 1. The van der Waals surface area contributed by atoms with Gasteiger partial charge in [0.25, 0.3) is 0 Å². The zero-order valence-corrected chi connectivity index (χ0v) is 9.81. The van der Waals surface area contributed by atoms with E-state index in [1.165, 1.54) is 0 Å². The fourth-order valence-corrected chi connectivity index (χ4v) is 1.91. The van der Waals surface area contributed by atoms with Crippen LogP contribution in [0.4, 0.5) is 0 Å². The van der Waals surface area contributed by atoms with Gasteiger partial charge in [0.15, 0.2) is 0 Å². The number of ketones is 1. The number of nitrogens with zero attached hydrogens (tertiary/aromatic N) is 1. The Balaban J connectivity index is 2.05. The maximum Gasteiger partial charge on any atom is 0.230 e. The van der Waals surface area contributed by atoms with Crippen molar-refractivity contribution in [1.29, 1.82) is 0 Å². The highest BCUT2D eigenvalue weighted by Gasteiger charge is 2.23. The third-order valence-corrected chi connectivity index (χ3v) is 2.87. The summed E-state index contributed by atoms with van der Waals surface area (Å²) in [6.45, 7) is 1.07. The number of carbonyl (C=O) groups excluding carboxylic acids is 2. The molecule has 1 amide bonds. The van der Waals surface area contributed by atoms with Crippen LogP contribution in [-0.4, -0.2) is 30.2 Å². The third kappa shape index (κ3) is 2.84. The zero-order valence-electron chi connectivity index (χ0n) is 9.81. The Bertz CT molecular complexity index is 442. The molecule has 0 N–H and O–H groups in total. The van der Waals surface area contributed by atoms with E-state index < -0.39 is 0 Å². The summed E-state index contributed by atoms with van der Waals surface area (Å²) < 4.78 is 5.13. The first-order valence-corrected chi connectivity index (χ1v) is 5.61. The molecule has 4 nitrogen and oxygen atoms in total. The largest absolute Gasteiger partial charge is 0.497 e. The minimum Gasteiger partial charge on any atom is -0.497 e. The van der Waals surface area contributed by atoms with Crippen LogP contribution in [0.2, 0.25) is 0 Å². The smallest absolute Gasteiger partial charge is 0.230 e. The maximum absolute atomic E-state index is 11.6. The second-order valence-electron chi connectivity index (χ2n) is 4.13. The standard InChI is InChI=1S/C13H15NO3/c1-17-12-4-2-3-10(7-12)9-14-6-5-11(15)8-13(14)16/h2-4,7H,5-6,8-9H2,1H3. The topological polar surface area (TPSA) is 46.6 Å². The minimum atomic E-state index is -0.0796. The van der Waals surface area contributed by atoms with E-state index in [0.29, 0.717) is 19.5 Å². The van der Waals surface area contributed by atoms with Gasteiger partial charge in [-0.3, -0.25) is 9.59 Å². The number of hydrogen-bond donors (Lipinski definition) is 0. The molecular formula is C13H15NO3. The Morgan fingerprint density at radius 2 is 2.18 bits per heavy atom. The van der Waals surface area contributed by atoms with E-state index in [1.807, 2.05) is 24.3 Å². The van der Waals surface area contributed by atoms with Crippen molar-refractivity contribution in [3.63, 3.8) is 0 Å². The van der Waals surface area contributed by atoms with Crippen LogP contribution in [0, 0.1) is 0 Å². The number of methoxy groups -OCH3 is 1. The molecule has 4 heteroatoms. The summed E-state index contributed by atoms with van der Waals surface area (Å²) in [5.41, 5.74) is 1.02. The molecule has 1 fully saturated rings. The molecule has 0 bridgehead atoms. The predicted octanol–water partition coefficient (Wildman–Crippen LogP) is 1.39. The lowest BCUT2D eigenvalue weighted by atomic mass is 10.1. The normalized spacial score (nSPS) is 16.2. The van der Waals surface area contributed by atoms with Crippen molar-refractivity contribution in [2.75, 3.05) is 13.7 Å². The van der Waals surface area contributed by atoms with Gasteiger partial charge in [0.1, 0.15) is 11.5 Å². The molecule has 1 aliphatic rings. The third-order valence-electron chi connectivity index (χ3n) is 2.87. The van der Waals surface area contributed by atoms with E-state index in [0.717, 1.165) is 11.3 Å². The zero-order chi connectivity index (χ0) is 12.3. The van der Waals surface area contributed by atoms with Crippen molar-refractivity contribution in [3.05, 3.63) is 29.8 Å². The summed E-state index contributed by atoms with van der Waals surface area (Å²) in [7, 11) is 1.61. The van der Waals surface area contributed by atoms with Crippen LogP contribution in [0.25, 0.3) is 0 Å². The second kappa shape index (κ2) is 4.99. The van der Waals surface area contributed by atoms with Gasteiger partial charge in [-0.05, 0) is 17.7 Å². The molecule has 1 saturated heterocycles. The minimum absolute atomic E-state index is 0.0388. The lowest BCUT2D eigenvalue weighted by Crippen LogP contribution is -2.38. The Labute approximate surface area is 100 Å². The molecule has 17 heavy (non-hydrogen) atoms. The van der Waals surface area contributed by atoms with Crippen molar-refractivity contribution in [2.45, 2.75) is 19.4 Å². The average Bonchev–Trinajstić information content (AvgIpc) is 2.33. The molecule has 0 aliphatic carbocycles. The molecule has 0 radical (unpaired) electrons. The van der Waals surface area contributed by atoms with Crippen molar-refractivity contribution in [2.24, 2.45) is 0 Å². The van der Waals surface area contributed by atoms with Gasteiger partial charge in [0.2, 0.25) is 5.91 Å². The summed E-state index contributed by atoms with van der Waals surface area (Å²) in [4.78, 5) is 24.5. The van der Waals surface area contributed by atoms with Gasteiger partial charge < -0.3 is 9.64 Å². The van der Waals surface area contributed by atoms with Crippen molar-refractivity contribution in [1.82, 2.24) is 4.90 Å². The molecule has 0 saturated carbocycles. The molecule has 90 valence electrons. The van der Waals surface area contributed by atoms with E-state index in [2.05, 4.69) is 0 Å². The number of amides is 1. The van der Waals surface area contributed by atoms with E-state index in [1.54, 1.807) is 12.0 Å². The highest BCUT2D eigenvalue weighted by atomic mass is 16.5. The first-order valence-electron chi connectivity index (χ1n) is 5.61. The maximum atomic E-state index is 11.6. The summed E-state index contributed by atoms with van der Waals surface area (Å²) in [5, 5.41) is 0. The lowest BCUT2D eigenvalue weighted by Gasteiger charge is -2.26. The number of likely N-dealkylation sites (tertiary alicyclic amines) is 1. The summed E-state index contributed by atoms with van der Waals surface area (Å²) in [6.07, 6.45) is 0.514. The van der Waals surface area contributed by atoms with E-state index >= 15 is 0 Å². The molecule has 1 aromatic rings. The van der Waals surface area contributed by atoms with Crippen LogP contribution in [0.3, 0.4) is 0 Å². The first-order chi connectivity index (χ1) is 8.19. The fourth-order valence-electron chi connectivity index (χ4n) is 1.91. The van der Waals surface area contributed by atoms with Gasteiger partial charge in [-0.1, -0.05) is 12.1 Å². The van der Waals surface area contributed by atoms with Crippen LogP contribution in [-0.2, 0) is 16.1 Å². The van der Waals surface area contributed by atoms with E-state index in [-0.39, 0.29) is 18.1 Å². The predicted molar refractivity (Wildman–Crippen MR) is 62.7 cm³/mol. The van der Waals surface area contributed by atoms with Crippen LogP contribution in [0.15, 0.2) is 24.3 Å². The number of hydrogen-bond acceptors (Lipinski definition) is 3. The van der Waals surface area contributed by atoms with Crippen molar-refractivity contribution in [3.8, 4) is 5.75 Å². The number of Topliss-reactive ketones (excluding diaryl/α,β-unsaturated/α-hetero) is 1. The monoisotopic (exact) mass is 233 g/mol. The number of rotatable bonds is 3. The first kappa shape index (κ1) is 11.6. The van der Waals surface area contributed by atoms with Gasteiger partial charge in [0.05, 0.1) is 13.5 Å². The van der Waals surface area contributed by atoms with Gasteiger partial charge in [-0.25, -0.2) is 0 Å². The van der Waals surface area contributed by atoms with Crippen molar-refractivity contribution >= 4 is 11.7 Å². The van der Waals surface area contributed by atoms with Crippen LogP contribution in [0.1, 0.15) is 18.4 Å². The quantitative estimate of drug-likeness (QED) is 0.741. The molecule has 2 rings (SSSR count). The Morgan fingerprint density at radius 3 is 2.88 bits per heavy atom. The Kier molecular flexibility index (Phi) is 3.42. The SMILES string of the molecule is COc1cccc(CN2CCC(=O)CC2=O)c1. The van der Waals surface area contributed by atoms with Gasteiger partial charge in [-0.2, -0.15) is 0 Å². The fraction of sp³-hybridized carbons (Fsp3) is 0.385.